The van der Waals surface area contributed by atoms with Crippen LogP contribution in [0.25, 0.3) is 0 Å². The molecule has 9 heteroatoms. The lowest BCUT2D eigenvalue weighted by Gasteiger charge is -2.16. The van der Waals surface area contributed by atoms with Gasteiger partial charge in [0.1, 0.15) is 5.75 Å². The highest BCUT2D eigenvalue weighted by molar-refractivity contribution is 7.92. The highest BCUT2D eigenvalue weighted by Crippen LogP contribution is 2.30. The lowest BCUT2D eigenvalue weighted by atomic mass is 10.1. The molecule has 2 N–H and O–H groups in total. The summed E-state index contributed by atoms with van der Waals surface area (Å²) in [6.45, 7) is 0.883. The normalized spacial score (nSPS) is 15.2. The van der Waals surface area contributed by atoms with Crippen molar-refractivity contribution in [2.75, 3.05) is 30.3 Å². The average molecular weight is 458 g/mol. The van der Waals surface area contributed by atoms with Crippen molar-refractivity contribution in [3.8, 4) is 5.75 Å². The summed E-state index contributed by atoms with van der Waals surface area (Å²) in [5, 5.41) is 5.78. The number of amides is 2. The van der Waals surface area contributed by atoms with Crippen molar-refractivity contribution in [3.63, 3.8) is 0 Å². The summed E-state index contributed by atoms with van der Waals surface area (Å²) in [5.41, 5.74) is 3.08. The summed E-state index contributed by atoms with van der Waals surface area (Å²) < 4.78 is 30.5. The van der Waals surface area contributed by atoms with Gasteiger partial charge in [-0.3, -0.25) is 13.9 Å². The first kappa shape index (κ1) is 22.1. The van der Waals surface area contributed by atoms with Crippen LogP contribution in [0.3, 0.4) is 0 Å². The molecular weight excluding hydrogens is 430 g/mol. The fourth-order valence-corrected chi connectivity index (χ4v) is 4.64. The van der Waals surface area contributed by atoms with Gasteiger partial charge in [0, 0.05) is 24.7 Å². The molecule has 1 heterocycles. The van der Waals surface area contributed by atoms with Gasteiger partial charge in [-0.1, -0.05) is 12.1 Å². The molecule has 0 unspecified atom stereocenters. The molecule has 1 aliphatic carbocycles. The van der Waals surface area contributed by atoms with Crippen molar-refractivity contribution in [1.29, 1.82) is 0 Å². The topological polar surface area (TPSA) is 105 Å². The molecule has 1 aliphatic heterocycles. The Morgan fingerprint density at radius 1 is 1.12 bits per heavy atom. The molecule has 2 aromatic carbocycles. The maximum Gasteiger partial charge on any atom is 0.258 e. The van der Waals surface area contributed by atoms with Crippen LogP contribution in [-0.4, -0.2) is 52.2 Å². The molecule has 8 nitrogen and oxygen atoms in total. The van der Waals surface area contributed by atoms with E-state index in [9.17, 15) is 18.0 Å². The minimum atomic E-state index is -3.30. The Bertz CT molecular complexity index is 1110. The lowest BCUT2D eigenvalue weighted by molar-refractivity contribution is -0.123. The minimum absolute atomic E-state index is 0.00856. The van der Waals surface area contributed by atoms with Crippen LogP contribution in [0.15, 0.2) is 42.5 Å². The molecule has 1 saturated carbocycles. The predicted molar refractivity (Wildman–Crippen MR) is 121 cm³/mol. The molecule has 1 fully saturated rings. The molecule has 170 valence electrons. The first-order valence-electron chi connectivity index (χ1n) is 10.7. The second-order valence-corrected chi connectivity index (χ2v) is 10.1. The molecule has 32 heavy (non-hydrogen) atoms. The van der Waals surface area contributed by atoms with Gasteiger partial charge in [0.25, 0.3) is 11.8 Å². The molecule has 0 spiro atoms. The Kier molecular flexibility index (Phi) is 6.36. The predicted octanol–water partition coefficient (Wildman–Crippen LogP) is 1.64. The molecule has 0 bridgehead atoms. The molecule has 2 aliphatic rings. The summed E-state index contributed by atoms with van der Waals surface area (Å²) in [6, 6.07) is 12.9. The quantitative estimate of drug-likeness (QED) is 0.596. The average Bonchev–Trinajstić information content (AvgIpc) is 3.46. The van der Waals surface area contributed by atoms with E-state index in [1.54, 1.807) is 18.2 Å². The Hall–Kier alpha value is -3.07. The van der Waals surface area contributed by atoms with Crippen LogP contribution in [0.2, 0.25) is 0 Å². The number of sulfonamides is 1. The van der Waals surface area contributed by atoms with E-state index >= 15 is 0 Å². The highest BCUT2D eigenvalue weighted by atomic mass is 32.2. The van der Waals surface area contributed by atoms with E-state index in [4.69, 9.17) is 4.74 Å². The summed E-state index contributed by atoms with van der Waals surface area (Å²) in [5.74, 6) is 0.340. The van der Waals surface area contributed by atoms with Gasteiger partial charge in [-0.25, -0.2) is 8.42 Å². The van der Waals surface area contributed by atoms with Gasteiger partial charge in [0.05, 0.1) is 11.9 Å². The largest absolute Gasteiger partial charge is 0.484 e. The number of nitrogens with zero attached hydrogens (tertiary/aromatic N) is 1. The van der Waals surface area contributed by atoms with E-state index < -0.39 is 10.0 Å². The number of anilines is 1. The number of nitrogens with one attached hydrogen (secondary N) is 2. The van der Waals surface area contributed by atoms with E-state index in [2.05, 4.69) is 10.6 Å². The van der Waals surface area contributed by atoms with E-state index in [0.29, 0.717) is 49.0 Å². The van der Waals surface area contributed by atoms with E-state index in [1.807, 2.05) is 24.3 Å². The molecule has 2 amide bonds. The molecule has 0 atom stereocenters. The van der Waals surface area contributed by atoms with Gasteiger partial charge < -0.3 is 15.4 Å². The van der Waals surface area contributed by atoms with Crippen molar-refractivity contribution >= 4 is 27.5 Å². The Morgan fingerprint density at radius 3 is 2.56 bits per heavy atom. The van der Waals surface area contributed by atoms with Gasteiger partial charge in [0.2, 0.25) is 10.0 Å². The van der Waals surface area contributed by atoms with Crippen LogP contribution >= 0.6 is 0 Å². The zero-order valence-electron chi connectivity index (χ0n) is 18.0. The third kappa shape index (κ3) is 5.59. The SMILES string of the molecule is CS(=O)(=O)N1CCc2cc(C(=O)NCCc3ccc(OCC(=O)NC4CC4)cc3)ccc21. The fourth-order valence-electron chi connectivity index (χ4n) is 3.68. The standard InChI is InChI=1S/C23H27N3O5S/c1-32(29,30)26-13-11-17-14-18(4-9-21(17)26)23(28)24-12-10-16-2-7-20(8-3-16)31-15-22(27)25-19-5-6-19/h2-4,7-9,14,19H,5-6,10-13,15H2,1H3,(H,24,28)(H,25,27). The zero-order chi connectivity index (χ0) is 22.7. The van der Waals surface area contributed by atoms with Crippen molar-refractivity contribution in [2.24, 2.45) is 0 Å². The number of rotatable bonds is 9. The summed E-state index contributed by atoms with van der Waals surface area (Å²) in [6.07, 6.45) is 4.53. The van der Waals surface area contributed by atoms with Gasteiger partial charge in [-0.05, 0) is 67.1 Å². The number of fused-ring (bicyclic) bond motifs is 1. The van der Waals surface area contributed by atoms with Gasteiger partial charge in [-0.2, -0.15) is 0 Å². The number of hydrogen-bond donors (Lipinski definition) is 2. The van der Waals surface area contributed by atoms with E-state index in [1.165, 1.54) is 10.6 Å². The number of hydrogen-bond acceptors (Lipinski definition) is 5. The van der Waals surface area contributed by atoms with E-state index in [-0.39, 0.29) is 18.4 Å². The van der Waals surface area contributed by atoms with Crippen LogP contribution in [-0.2, 0) is 27.7 Å². The molecule has 0 saturated heterocycles. The Morgan fingerprint density at radius 2 is 1.88 bits per heavy atom. The van der Waals surface area contributed by atoms with Crippen molar-refractivity contribution in [1.82, 2.24) is 10.6 Å². The Balaban J connectivity index is 1.24. The lowest BCUT2D eigenvalue weighted by Crippen LogP contribution is -2.30. The van der Waals surface area contributed by atoms with E-state index in [0.717, 1.165) is 24.0 Å². The second-order valence-electron chi connectivity index (χ2n) is 8.21. The van der Waals surface area contributed by atoms with Gasteiger partial charge in [-0.15, -0.1) is 0 Å². The minimum Gasteiger partial charge on any atom is -0.484 e. The molecule has 0 radical (unpaired) electrons. The number of carbonyl (C=O) groups is 2. The third-order valence-corrected chi connectivity index (χ3v) is 6.71. The Labute approximate surface area is 188 Å². The number of benzene rings is 2. The third-order valence-electron chi connectivity index (χ3n) is 5.53. The van der Waals surface area contributed by atoms with Crippen molar-refractivity contribution in [3.05, 3.63) is 59.2 Å². The van der Waals surface area contributed by atoms with Crippen LogP contribution < -0.4 is 19.7 Å². The van der Waals surface area contributed by atoms with Crippen LogP contribution in [0.5, 0.6) is 5.75 Å². The van der Waals surface area contributed by atoms with Crippen molar-refractivity contribution in [2.45, 2.75) is 31.7 Å². The van der Waals surface area contributed by atoms with Gasteiger partial charge >= 0.3 is 0 Å². The molecule has 4 rings (SSSR count). The smallest absolute Gasteiger partial charge is 0.258 e. The number of ether oxygens (including phenoxy) is 1. The summed E-state index contributed by atoms with van der Waals surface area (Å²) in [4.78, 5) is 24.2. The monoisotopic (exact) mass is 457 g/mol. The first-order chi connectivity index (χ1) is 15.3. The molecular formula is C23H27N3O5S. The van der Waals surface area contributed by atoms with Crippen LogP contribution in [0.4, 0.5) is 5.69 Å². The maximum absolute atomic E-state index is 12.5. The number of carbonyl (C=O) groups excluding carboxylic acids is 2. The molecule has 0 aromatic heterocycles. The van der Waals surface area contributed by atoms with Crippen LogP contribution in [0, 0.1) is 0 Å². The maximum atomic E-state index is 12.5. The first-order valence-corrected chi connectivity index (χ1v) is 12.5. The van der Waals surface area contributed by atoms with Crippen LogP contribution in [0.1, 0.15) is 34.3 Å². The second kappa shape index (κ2) is 9.20. The highest BCUT2D eigenvalue weighted by Gasteiger charge is 2.26. The fraction of sp³-hybridized carbons (Fsp3) is 0.391. The zero-order valence-corrected chi connectivity index (χ0v) is 18.8. The van der Waals surface area contributed by atoms with Crippen molar-refractivity contribution < 1.29 is 22.7 Å². The summed E-state index contributed by atoms with van der Waals surface area (Å²) >= 11 is 0. The summed E-state index contributed by atoms with van der Waals surface area (Å²) in [7, 11) is -3.30. The molecule has 2 aromatic rings. The van der Waals surface area contributed by atoms with Gasteiger partial charge in [0.15, 0.2) is 6.61 Å².